The molecule has 1 aliphatic heterocycles. The number of nitrogens with one attached hydrogen (secondary N) is 1. The van der Waals surface area contributed by atoms with Crippen molar-refractivity contribution >= 4 is 29.4 Å². The van der Waals surface area contributed by atoms with E-state index in [1.165, 1.54) is 7.11 Å². The maximum atomic E-state index is 11.8. The predicted octanol–water partition coefficient (Wildman–Crippen LogP) is 3.90. The minimum absolute atomic E-state index is 0.0641. The molecule has 2 aromatic rings. The van der Waals surface area contributed by atoms with Gasteiger partial charge in [-0.3, -0.25) is 0 Å². The summed E-state index contributed by atoms with van der Waals surface area (Å²) in [6.45, 7) is 3.09. The van der Waals surface area contributed by atoms with Gasteiger partial charge in [-0.2, -0.15) is 5.26 Å². The SMILES string of the molecule is COCCC(CC=O)c1ccc(N2CCN(C(=O)OC)CC2)c(Nc2ccc(C#N)cc2)c1. The molecule has 2 aromatic carbocycles. The lowest BCUT2D eigenvalue weighted by Crippen LogP contribution is -2.48. The minimum atomic E-state index is -0.309. The molecule has 0 aliphatic carbocycles. The van der Waals surface area contributed by atoms with Crippen molar-refractivity contribution in [1.82, 2.24) is 4.90 Å². The molecule has 1 heterocycles. The molecule has 1 aliphatic rings. The van der Waals surface area contributed by atoms with E-state index in [0.29, 0.717) is 44.8 Å². The monoisotopic (exact) mass is 450 g/mol. The Labute approximate surface area is 194 Å². The molecule has 174 valence electrons. The van der Waals surface area contributed by atoms with Crippen molar-refractivity contribution in [2.24, 2.45) is 0 Å². The third-order valence-electron chi connectivity index (χ3n) is 5.89. The molecule has 1 fully saturated rings. The topological polar surface area (TPSA) is 94.9 Å². The van der Waals surface area contributed by atoms with Gasteiger partial charge in [-0.15, -0.1) is 0 Å². The number of methoxy groups -OCH3 is 2. The quantitative estimate of drug-likeness (QED) is 0.579. The molecule has 33 heavy (non-hydrogen) atoms. The summed E-state index contributed by atoms with van der Waals surface area (Å²) in [5.74, 6) is 0.0641. The largest absolute Gasteiger partial charge is 0.453 e. The smallest absolute Gasteiger partial charge is 0.409 e. The molecule has 1 atom stereocenters. The maximum Gasteiger partial charge on any atom is 0.409 e. The van der Waals surface area contributed by atoms with Crippen LogP contribution in [0.15, 0.2) is 42.5 Å². The van der Waals surface area contributed by atoms with Gasteiger partial charge in [-0.25, -0.2) is 4.79 Å². The average molecular weight is 451 g/mol. The van der Waals surface area contributed by atoms with Crippen molar-refractivity contribution in [2.45, 2.75) is 18.8 Å². The number of hydrogen-bond acceptors (Lipinski definition) is 7. The molecule has 1 amide bonds. The summed E-state index contributed by atoms with van der Waals surface area (Å²) < 4.78 is 10.1. The zero-order valence-electron chi connectivity index (χ0n) is 19.1. The molecule has 0 bridgehead atoms. The highest BCUT2D eigenvalue weighted by Crippen LogP contribution is 2.35. The summed E-state index contributed by atoms with van der Waals surface area (Å²) in [5, 5.41) is 12.6. The molecule has 1 unspecified atom stereocenters. The number of piperazine rings is 1. The van der Waals surface area contributed by atoms with E-state index in [1.807, 2.05) is 12.1 Å². The van der Waals surface area contributed by atoms with E-state index >= 15 is 0 Å². The summed E-state index contributed by atoms with van der Waals surface area (Å²) in [5.41, 5.74) is 4.46. The van der Waals surface area contributed by atoms with Crippen LogP contribution in [0.5, 0.6) is 0 Å². The van der Waals surface area contributed by atoms with Crippen LogP contribution in [0.3, 0.4) is 0 Å². The van der Waals surface area contributed by atoms with Gasteiger partial charge in [0.1, 0.15) is 6.29 Å². The first-order chi connectivity index (χ1) is 16.1. The first-order valence-electron chi connectivity index (χ1n) is 11.0. The van der Waals surface area contributed by atoms with Crippen LogP contribution in [0.1, 0.15) is 29.9 Å². The van der Waals surface area contributed by atoms with Gasteiger partial charge in [0.15, 0.2) is 0 Å². The van der Waals surface area contributed by atoms with Crippen LogP contribution in [0.25, 0.3) is 0 Å². The van der Waals surface area contributed by atoms with Gasteiger partial charge >= 0.3 is 6.09 Å². The van der Waals surface area contributed by atoms with Gasteiger partial charge in [0, 0.05) is 52.0 Å². The lowest BCUT2D eigenvalue weighted by atomic mass is 9.92. The fraction of sp³-hybridized carbons (Fsp3) is 0.400. The predicted molar refractivity (Wildman–Crippen MR) is 127 cm³/mol. The van der Waals surface area contributed by atoms with Gasteiger partial charge in [0.05, 0.1) is 30.1 Å². The fourth-order valence-corrected chi connectivity index (χ4v) is 4.02. The average Bonchev–Trinajstić information content (AvgIpc) is 2.86. The Bertz CT molecular complexity index is 979. The molecule has 0 spiro atoms. The second-order valence-corrected chi connectivity index (χ2v) is 7.92. The molecular formula is C25H30N4O4. The number of rotatable bonds is 9. The zero-order valence-corrected chi connectivity index (χ0v) is 19.1. The lowest BCUT2D eigenvalue weighted by molar-refractivity contribution is -0.108. The van der Waals surface area contributed by atoms with Gasteiger partial charge < -0.3 is 29.4 Å². The highest BCUT2D eigenvalue weighted by molar-refractivity contribution is 5.77. The van der Waals surface area contributed by atoms with Crippen LogP contribution in [0.2, 0.25) is 0 Å². The number of nitriles is 1. The van der Waals surface area contributed by atoms with Crippen LogP contribution >= 0.6 is 0 Å². The summed E-state index contributed by atoms with van der Waals surface area (Å²) in [6, 6.07) is 15.6. The van der Waals surface area contributed by atoms with E-state index in [2.05, 4.69) is 34.5 Å². The highest BCUT2D eigenvalue weighted by atomic mass is 16.5. The first kappa shape index (κ1) is 24.1. The van der Waals surface area contributed by atoms with E-state index in [9.17, 15) is 9.59 Å². The summed E-state index contributed by atoms with van der Waals surface area (Å²) in [4.78, 5) is 27.1. The van der Waals surface area contributed by atoms with E-state index in [0.717, 1.165) is 35.3 Å². The van der Waals surface area contributed by atoms with Crippen molar-refractivity contribution in [3.8, 4) is 6.07 Å². The maximum absolute atomic E-state index is 11.8. The van der Waals surface area contributed by atoms with Gasteiger partial charge in [-0.05, 0) is 54.3 Å². The fourth-order valence-electron chi connectivity index (χ4n) is 4.02. The molecule has 0 saturated carbocycles. The second kappa shape index (κ2) is 11.9. The summed E-state index contributed by atoms with van der Waals surface area (Å²) in [6.07, 6.45) is 1.82. The lowest BCUT2D eigenvalue weighted by Gasteiger charge is -2.36. The Morgan fingerprint density at radius 3 is 2.48 bits per heavy atom. The van der Waals surface area contributed by atoms with Gasteiger partial charge in [-0.1, -0.05) is 6.07 Å². The summed E-state index contributed by atoms with van der Waals surface area (Å²) >= 11 is 0. The zero-order chi connectivity index (χ0) is 23.6. The van der Waals surface area contributed by atoms with Crippen LogP contribution in [0.4, 0.5) is 21.9 Å². The number of benzene rings is 2. The molecular weight excluding hydrogens is 420 g/mol. The number of aldehydes is 1. The standard InChI is InChI=1S/C25H30N4O4/c1-32-16-10-20(9-15-30)21-5-8-24(28-11-13-29(14-12-28)25(31)33-2)23(17-21)27-22-6-3-19(18-26)4-7-22/h3-8,15,17,20,27H,9-14,16H2,1-2H3. The number of hydrogen-bond donors (Lipinski definition) is 1. The number of carbonyl (C=O) groups is 2. The van der Waals surface area contributed by atoms with E-state index in [1.54, 1.807) is 24.1 Å². The Balaban J connectivity index is 1.89. The Morgan fingerprint density at radius 1 is 1.15 bits per heavy atom. The van der Waals surface area contributed by atoms with Crippen molar-refractivity contribution in [3.63, 3.8) is 0 Å². The normalized spacial score (nSPS) is 14.3. The van der Waals surface area contributed by atoms with Crippen LogP contribution in [-0.2, 0) is 14.3 Å². The summed E-state index contributed by atoms with van der Waals surface area (Å²) in [7, 11) is 3.05. The Hall–Kier alpha value is -3.57. The second-order valence-electron chi connectivity index (χ2n) is 7.92. The van der Waals surface area contributed by atoms with Crippen LogP contribution in [-0.4, -0.2) is 64.3 Å². The van der Waals surface area contributed by atoms with Crippen molar-refractivity contribution < 1.29 is 19.1 Å². The molecule has 0 aromatic heterocycles. The van der Waals surface area contributed by atoms with Gasteiger partial charge in [0.2, 0.25) is 0 Å². The third kappa shape index (κ3) is 6.24. The number of carbonyl (C=O) groups excluding carboxylic acids is 2. The molecule has 8 heteroatoms. The number of nitrogens with zero attached hydrogens (tertiary/aromatic N) is 3. The molecule has 1 saturated heterocycles. The Kier molecular flexibility index (Phi) is 8.67. The minimum Gasteiger partial charge on any atom is -0.453 e. The van der Waals surface area contributed by atoms with Crippen molar-refractivity contribution in [1.29, 1.82) is 5.26 Å². The van der Waals surface area contributed by atoms with Crippen LogP contribution < -0.4 is 10.2 Å². The number of ether oxygens (including phenoxy) is 2. The Morgan fingerprint density at radius 2 is 1.88 bits per heavy atom. The van der Waals surface area contributed by atoms with Crippen molar-refractivity contribution in [2.75, 3.05) is 57.2 Å². The molecule has 8 nitrogen and oxygen atoms in total. The highest BCUT2D eigenvalue weighted by Gasteiger charge is 2.24. The third-order valence-corrected chi connectivity index (χ3v) is 5.89. The van der Waals surface area contributed by atoms with Crippen LogP contribution in [0, 0.1) is 11.3 Å². The molecule has 1 N–H and O–H groups in total. The van der Waals surface area contributed by atoms with E-state index in [-0.39, 0.29) is 12.0 Å². The van der Waals surface area contributed by atoms with E-state index in [4.69, 9.17) is 14.7 Å². The first-order valence-corrected chi connectivity index (χ1v) is 11.0. The van der Waals surface area contributed by atoms with Gasteiger partial charge in [0.25, 0.3) is 0 Å². The molecule has 3 rings (SSSR count). The molecule has 0 radical (unpaired) electrons. The van der Waals surface area contributed by atoms with E-state index < -0.39 is 0 Å². The van der Waals surface area contributed by atoms with Crippen molar-refractivity contribution in [3.05, 3.63) is 53.6 Å². The number of amides is 1. The number of anilines is 3.